The molecule has 27 heavy (non-hydrogen) atoms. The number of imidazole rings is 1. The molecule has 1 saturated heterocycles. The lowest BCUT2D eigenvalue weighted by Crippen LogP contribution is -2.51. The van der Waals surface area contributed by atoms with E-state index in [1.165, 1.54) is 11.8 Å². The van der Waals surface area contributed by atoms with Gasteiger partial charge in [-0.2, -0.15) is 0 Å². The minimum Gasteiger partial charge on any atom is -0.355 e. The second kappa shape index (κ2) is 9.05. The van der Waals surface area contributed by atoms with Crippen LogP contribution in [0, 0.1) is 0 Å². The number of nitrogens with zero attached hydrogens (tertiary/aromatic N) is 4. The smallest absolute Gasteiger partial charge is 0.272 e. The molecule has 1 fully saturated rings. The molecule has 0 aliphatic carbocycles. The van der Waals surface area contributed by atoms with Crippen LogP contribution in [0.25, 0.3) is 5.69 Å². The van der Waals surface area contributed by atoms with Gasteiger partial charge in [-0.1, -0.05) is 30.0 Å². The van der Waals surface area contributed by atoms with Crippen molar-refractivity contribution < 1.29 is 9.59 Å². The van der Waals surface area contributed by atoms with Crippen molar-refractivity contribution in [3.8, 4) is 5.69 Å². The number of piperazine rings is 1. The maximum atomic E-state index is 13.1. The van der Waals surface area contributed by atoms with Crippen molar-refractivity contribution in [1.29, 1.82) is 0 Å². The lowest BCUT2D eigenvalue weighted by molar-refractivity contribution is -0.122. The van der Waals surface area contributed by atoms with Gasteiger partial charge in [0.25, 0.3) is 5.91 Å². The molecule has 8 heteroatoms. The molecule has 3 rings (SSSR count). The molecule has 1 aliphatic rings. The van der Waals surface area contributed by atoms with Crippen molar-refractivity contribution in [3.05, 3.63) is 42.2 Å². The van der Waals surface area contributed by atoms with Gasteiger partial charge in [0, 0.05) is 38.4 Å². The highest BCUT2D eigenvalue weighted by molar-refractivity contribution is 7.98. The molecule has 1 N–H and O–H groups in total. The van der Waals surface area contributed by atoms with Crippen LogP contribution in [0.5, 0.6) is 0 Å². The molecule has 1 aromatic carbocycles. The van der Waals surface area contributed by atoms with E-state index >= 15 is 0 Å². The number of carbonyl (C=O) groups excluding carboxylic acids is 2. The van der Waals surface area contributed by atoms with Crippen molar-refractivity contribution in [2.75, 3.05) is 45.5 Å². The summed E-state index contributed by atoms with van der Waals surface area (Å²) in [6, 6.07) is 9.81. The Hall–Kier alpha value is -2.32. The fourth-order valence-electron chi connectivity index (χ4n) is 3.18. The third kappa shape index (κ3) is 4.51. The minimum atomic E-state index is -0.0238. The first kappa shape index (κ1) is 19.4. The average molecular weight is 388 g/mol. The minimum absolute atomic E-state index is 0.0238. The number of nitrogens with one attached hydrogen (secondary N) is 1. The Bertz CT molecular complexity index is 785. The summed E-state index contributed by atoms with van der Waals surface area (Å²) in [7, 11) is 0. The molecule has 144 valence electrons. The van der Waals surface area contributed by atoms with E-state index in [4.69, 9.17) is 0 Å². The van der Waals surface area contributed by atoms with E-state index < -0.39 is 0 Å². The fraction of sp³-hybridized carbons (Fsp3) is 0.421. The van der Waals surface area contributed by atoms with Gasteiger partial charge in [-0.15, -0.1) is 0 Å². The first-order valence-electron chi connectivity index (χ1n) is 9.09. The van der Waals surface area contributed by atoms with Gasteiger partial charge in [0.1, 0.15) is 5.69 Å². The third-order valence-corrected chi connectivity index (χ3v) is 5.20. The van der Waals surface area contributed by atoms with Crippen LogP contribution in [0.3, 0.4) is 0 Å². The van der Waals surface area contributed by atoms with Crippen LogP contribution in [0.2, 0.25) is 0 Å². The van der Waals surface area contributed by atoms with Crippen LogP contribution in [0.1, 0.15) is 17.4 Å². The maximum Gasteiger partial charge on any atom is 0.272 e. The van der Waals surface area contributed by atoms with Gasteiger partial charge in [0.2, 0.25) is 5.91 Å². The molecule has 1 aliphatic heterocycles. The molecule has 2 aromatic rings. The van der Waals surface area contributed by atoms with E-state index in [9.17, 15) is 9.59 Å². The maximum absolute atomic E-state index is 13.1. The number of para-hydroxylation sites is 1. The van der Waals surface area contributed by atoms with Gasteiger partial charge in [0.05, 0.1) is 12.7 Å². The number of rotatable bonds is 6. The number of aromatic nitrogens is 2. The van der Waals surface area contributed by atoms with Crippen LogP contribution >= 0.6 is 11.8 Å². The zero-order chi connectivity index (χ0) is 19.2. The molecule has 0 unspecified atom stereocenters. The van der Waals surface area contributed by atoms with E-state index in [0.717, 1.165) is 10.8 Å². The van der Waals surface area contributed by atoms with Crippen LogP contribution < -0.4 is 5.32 Å². The predicted molar refractivity (Wildman–Crippen MR) is 106 cm³/mol. The molecule has 0 bridgehead atoms. The summed E-state index contributed by atoms with van der Waals surface area (Å²) in [5.74, 6) is 0.00774. The Morgan fingerprint density at radius 1 is 1.15 bits per heavy atom. The highest BCUT2D eigenvalue weighted by Crippen LogP contribution is 2.23. The molecule has 0 radical (unpaired) electrons. The number of hydrogen-bond acceptors (Lipinski definition) is 5. The van der Waals surface area contributed by atoms with Gasteiger partial charge < -0.3 is 10.2 Å². The van der Waals surface area contributed by atoms with E-state index in [1.807, 2.05) is 53.0 Å². The van der Waals surface area contributed by atoms with E-state index in [-0.39, 0.29) is 11.8 Å². The van der Waals surface area contributed by atoms with E-state index in [1.54, 1.807) is 6.20 Å². The zero-order valence-corrected chi connectivity index (χ0v) is 16.5. The van der Waals surface area contributed by atoms with E-state index in [0.29, 0.717) is 45.0 Å². The highest BCUT2D eigenvalue weighted by Gasteiger charge is 2.26. The van der Waals surface area contributed by atoms with Gasteiger partial charge in [-0.3, -0.25) is 19.1 Å². The van der Waals surface area contributed by atoms with Crippen LogP contribution in [0.4, 0.5) is 0 Å². The summed E-state index contributed by atoms with van der Waals surface area (Å²) in [5, 5.41) is 3.60. The summed E-state index contributed by atoms with van der Waals surface area (Å²) >= 11 is 1.52. The van der Waals surface area contributed by atoms with Crippen molar-refractivity contribution in [2.45, 2.75) is 12.1 Å². The summed E-state index contributed by atoms with van der Waals surface area (Å²) in [6.45, 7) is 5.52. The number of hydrogen-bond donors (Lipinski definition) is 1. The molecule has 0 saturated carbocycles. The first-order chi connectivity index (χ1) is 13.1. The Kier molecular flexibility index (Phi) is 6.52. The Labute approximate surface area is 163 Å². The predicted octanol–water partition coefficient (Wildman–Crippen LogP) is 1.49. The molecular weight excluding hydrogens is 362 g/mol. The van der Waals surface area contributed by atoms with Crippen molar-refractivity contribution in [2.24, 2.45) is 0 Å². The third-order valence-electron chi connectivity index (χ3n) is 4.55. The second-order valence-electron chi connectivity index (χ2n) is 6.32. The SMILES string of the molecule is CCNC(=O)CN1CCN(C(=O)c2cnc(SC)n2-c2ccccc2)CC1. The second-order valence-corrected chi connectivity index (χ2v) is 7.10. The Morgan fingerprint density at radius 3 is 2.48 bits per heavy atom. The molecular formula is C19H25N5O2S. The summed E-state index contributed by atoms with van der Waals surface area (Å²) in [5.41, 5.74) is 1.50. The van der Waals surface area contributed by atoms with Crippen LogP contribution in [-0.4, -0.2) is 76.7 Å². The van der Waals surface area contributed by atoms with Gasteiger partial charge in [0.15, 0.2) is 5.16 Å². The number of benzene rings is 1. The molecule has 0 spiro atoms. The average Bonchev–Trinajstić information content (AvgIpc) is 3.13. The van der Waals surface area contributed by atoms with Gasteiger partial charge >= 0.3 is 0 Å². The van der Waals surface area contributed by atoms with Crippen molar-refractivity contribution >= 4 is 23.6 Å². The highest BCUT2D eigenvalue weighted by atomic mass is 32.2. The normalized spacial score (nSPS) is 15.0. The quantitative estimate of drug-likeness (QED) is 0.761. The molecule has 1 aromatic heterocycles. The first-order valence-corrected chi connectivity index (χ1v) is 10.3. The van der Waals surface area contributed by atoms with Crippen molar-refractivity contribution in [1.82, 2.24) is 24.7 Å². The number of likely N-dealkylation sites (N-methyl/N-ethyl adjacent to an activating group) is 1. The monoisotopic (exact) mass is 387 g/mol. The fourth-order valence-corrected chi connectivity index (χ4v) is 3.73. The number of thioether (sulfide) groups is 1. The van der Waals surface area contributed by atoms with Gasteiger partial charge in [-0.25, -0.2) is 4.98 Å². The Balaban J connectivity index is 1.71. The zero-order valence-electron chi connectivity index (χ0n) is 15.7. The number of amides is 2. The van der Waals surface area contributed by atoms with Crippen LogP contribution in [-0.2, 0) is 4.79 Å². The van der Waals surface area contributed by atoms with Crippen LogP contribution in [0.15, 0.2) is 41.7 Å². The summed E-state index contributed by atoms with van der Waals surface area (Å²) in [4.78, 5) is 33.2. The topological polar surface area (TPSA) is 70.5 Å². The summed E-state index contributed by atoms with van der Waals surface area (Å²) in [6.07, 6.45) is 3.61. The van der Waals surface area contributed by atoms with Gasteiger partial charge in [-0.05, 0) is 25.3 Å². The van der Waals surface area contributed by atoms with Crippen molar-refractivity contribution in [3.63, 3.8) is 0 Å². The largest absolute Gasteiger partial charge is 0.355 e. The summed E-state index contributed by atoms with van der Waals surface area (Å²) < 4.78 is 1.91. The van der Waals surface area contributed by atoms with E-state index in [2.05, 4.69) is 15.2 Å². The molecule has 2 amide bonds. The standard InChI is InChI=1S/C19H25N5O2S/c1-3-20-17(25)14-22-9-11-23(12-10-22)18(26)16-13-21-19(27-2)24(16)15-7-5-4-6-8-15/h4-8,13H,3,9-12,14H2,1-2H3,(H,20,25). The lowest BCUT2D eigenvalue weighted by atomic mass is 10.2. The Morgan fingerprint density at radius 2 is 1.85 bits per heavy atom. The molecule has 2 heterocycles. The lowest BCUT2D eigenvalue weighted by Gasteiger charge is -2.34. The molecule has 0 atom stereocenters. The number of carbonyl (C=O) groups is 2. The molecule has 7 nitrogen and oxygen atoms in total.